The predicted molar refractivity (Wildman–Crippen MR) is 164 cm³/mol. The van der Waals surface area contributed by atoms with Gasteiger partial charge >= 0.3 is 0 Å². The largest absolute Gasteiger partial charge is 0.497 e. The Morgan fingerprint density at radius 2 is 1.32 bits per heavy atom. The van der Waals surface area contributed by atoms with E-state index in [1.54, 1.807) is 66.7 Å². The van der Waals surface area contributed by atoms with Crippen molar-refractivity contribution in [2.45, 2.75) is 36.1 Å². The van der Waals surface area contributed by atoms with Gasteiger partial charge in [0.25, 0.3) is 0 Å². The Balaban J connectivity index is 2.06. The van der Waals surface area contributed by atoms with Gasteiger partial charge in [0.15, 0.2) is 0 Å². The maximum atomic E-state index is 14.6. The molecule has 0 aliphatic heterocycles. The minimum atomic E-state index is -4.24. The Kier molecular flexibility index (Phi) is 9.28. The summed E-state index contributed by atoms with van der Waals surface area (Å²) in [5.41, 5.74) is 3.32. The van der Waals surface area contributed by atoms with Crippen molar-refractivity contribution in [2.24, 2.45) is 0 Å². The van der Waals surface area contributed by atoms with Crippen LogP contribution in [0, 0.1) is 13.8 Å². The minimum Gasteiger partial charge on any atom is -0.497 e. The zero-order chi connectivity index (χ0) is 29.6. The van der Waals surface area contributed by atoms with Crippen LogP contribution in [0.25, 0.3) is 5.57 Å². The van der Waals surface area contributed by atoms with Crippen LogP contribution < -0.4 is 9.46 Å². The van der Waals surface area contributed by atoms with Gasteiger partial charge in [0.05, 0.1) is 27.8 Å². The van der Waals surface area contributed by atoms with Gasteiger partial charge in [-0.3, -0.25) is 0 Å². The Morgan fingerprint density at radius 3 is 1.83 bits per heavy atom. The fourth-order valence-electron chi connectivity index (χ4n) is 4.49. The number of allylic oxidation sites excluding steroid dienone is 2. The third-order valence-electron chi connectivity index (χ3n) is 6.70. The molecule has 1 atom stereocenters. The number of methoxy groups -OCH3 is 1. The third kappa shape index (κ3) is 6.85. The van der Waals surface area contributed by atoms with E-state index in [4.69, 9.17) is 4.74 Å². The summed E-state index contributed by atoms with van der Waals surface area (Å²) in [5.74, 6) is 0.551. The lowest BCUT2D eigenvalue weighted by molar-refractivity contribution is 0.414. The molecule has 0 spiro atoms. The molecule has 8 heteroatoms. The maximum absolute atomic E-state index is 14.6. The molecular weight excluding hydrogens is 554 g/mol. The molecule has 1 N–H and O–H groups in total. The molecule has 0 amide bonds. The fraction of sp³-hybridized carbons (Fsp3) is 0.152. The lowest BCUT2D eigenvalue weighted by Gasteiger charge is -2.26. The molecule has 0 aliphatic carbocycles. The first-order chi connectivity index (χ1) is 19.6. The highest BCUT2D eigenvalue weighted by molar-refractivity contribution is 7.95. The van der Waals surface area contributed by atoms with E-state index in [9.17, 15) is 16.8 Å². The van der Waals surface area contributed by atoms with Gasteiger partial charge in [-0.05, 0) is 73.4 Å². The van der Waals surface area contributed by atoms with E-state index in [0.29, 0.717) is 22.4 Å². The summed E-state index contributed by atoms with van der Waals surface area (Å²) >= 11 is 0. The van der Waals surface area contributed by atoms with Crippen molar-refractivity contribution in [3.63, 3.8) is 0 Å². The van der Waals surface area contributed by atoms with Crippen molar-refractivity contribution in [3.05, 3.63) is 143 Å². The van der Waals surface area contributed by atoms with Crippen LogP contribution in [0.1, 0.15) is 34.7 Å². The van der Waals surface area contributed by atoms with Gasteiger partial charge in [0.2, 0.25) is 19.9 Å². The van der Waals surface area contributed by atoms with Gasteiger partial charge in [-0.25, -0.2) is 16.8 Å². The number of benzene rings is 4. The van der Waals surface area contributed by atoms with Gasteiger partial charge in [-0.15, -0.1) is 6.58 Å². The van der Waals surface area contributed by atoms with E-state index >= 15 is 0 Å². The smallest absolute Gasteiger partial charge is 0.241 e. The van der Waals surface area contributed by atoms with Crippen LogP contribution in [0.5, 0.6) is 5.75 Å². The summed E-state index contributed by atoms with van der Waals surface area (Å²) in [6, 6.07) is 27.4. The Morgan fingerprint density at radius 1 is 0.780 bits per heavy atom. The van der Waals surface area contributed by atoms with Crippen molar-refractivity contribution >= 4 is 25.4 Å². The van der Waals surface area contributed by atoms with E-state index in [0.717, 1.165) is 11.1 Å². The maximum Gasteiger partial charge on any atom is 0.241 e. The summed E-state index contributed by atoms with van der Waals surface area (Å²) in [5, 5.41) is 0. The highest BCUT2D eigenvalue weighted by Gasteiger charge is 2.35. The SMILES string of the molecule is C=CC/C(=C(\C(NS(=O)(=O)c1ccc(C)cc1)c1ccc(OC)cc1)S(=O)(=O)c1ccc(C)cc1)c1ccccc1. The zero-order valence-corrected chi connectivity index (χ0v) is 24.9. The van der Waals surface area contributed by atoms with Crippen LogP contribution in [-0.2, 0) is 19.9 Å². The van der Waals surface area contributed by atoms with Crippen molar-refractivity contribution < 1.29 is 21.6 Å². The minimum absolute atomic E-state index is 0.0266. The summed E-state index contributed by atoms with van der Waals surface area (Å²) < 4.78 is 64.8. The molecule has 4 aromatic carbocycles. The van der Waals surface area contributed by atoms with E-state index < -0.39 is 25.9 Å². The first-order valence-electron chi connectivity index (χ1n) is 13.0. The van der Waals surface area contributed by atoms with Crippen molar-refractivity contribution in [3.8, 4) is 5.75 Å². The van der Waals surface area contributed by atoms with Gasteiger partial charge in [0, 0.05) is 0 Å². The van der Waals surface area contributed by atoms with Crippen LogP contribution >= 0.6 is 0 Å². The molecule has 0 aliphatic rings. The average Bonchev–Trinajstić information content (AvgIpc) is 2.97. The number of hydrogen-bond donors (Lipinski definition) is 1. The second kappa shape index (κ2) is 12.7. The fourth-order valence-corrected chi connectivity index (χ4v) is 7.54. The number of rotatable bonds is 11. The van der Waals surface area contributed by atoms with E-state index in [-0.39, 0.29) is 21.1 Å². The van der Waals surface area contributed by atoms with Gasteiger partial charge in [-0.2, -0.15) is 4.72 Å². The van der Waals surface area contributed by atoms with Crippen LogP contribution in [0.2, 0.25) is 0 Å². The second-order valence-electron chi connectivity index (χ2n) is 9.66. The van der Waals surface area contributed by atoms with Crippen LogP contribution in [-0.4, -0.2) is 23.9 Å². The number of sulfone groups is 1. The normalized spacial score (nSPS) is 13.2. The molecular formula is C33H33NO5S2. The average molecular weight is 588 g/mol. The molecule has 1 unspecified atom stereocenters. The lowest BCUT2D eigenvalue weighted by atomic mass is 9.97. The van der Waals surface area contributed by atoms with Crippen molar-refractivity contribution in [1.82, 2.24) is 4.72 Å². The highest BCUT2D eigenvalue weighted by Crippen LogP contribution is 2.39. The monoisotopic (exact) mass is 587 g/mol. The standard InChI is InChI=1S/C33H33NO5S2/c1-5-9-31(26-10-7-6-8-11-26)33(40(35,36)29-20-12-24(2)13-21-29)32(27-16-18-28(39-4)19-17-27)34-41(37,38)30-22-14-25(3)15-23-30/h5-8,10-23,32,34H,1,9H2,2-4H3/b33-31-. The molecule has 41 heavy (non-hydrogen) atoms. The van der Waals surface area contributed by atoms with Crippen molar-refractivity contribution in [2.75, 3.05) is 7.11 Å². The number of nitrogens with one attached hydrogen (secondary N) is 1. The van der Waals surface area contributed by atoms with Crippen LogP contribution in [0.15, 0.2) is 130 Å². The van der Waals surface area contributed by atoms with E-state index in [1.807, 2.05) is 44.2 Å². The molecule has 6 nitrogen and oxygen atoms in total. The molecule has 4 aromatic rings. The molecule has 0 heterocycles. The van der Waals surface area contributed by atoms with Crippen molar-refractivity contribution in [1.29, 1.82) is 0 Å². The third-order valence-corrected chi connectivity index (χ3v) is 10.1. The molecule has 212 valence electrons. The van der Waals surface area contributed by atoms with E-state index in [1.165, 1.54) is 19.2 Å². The Hall–Kier alpha value is -3.98. The van der Waals surface area contributed by atoms with Crippen LogP contribution in [0.4, 0.5) is 0 Å². The number of sulfonamides is 1. The molecule has 4 rings (SSSR count). The second-order valence-corrected chi connectivity index (χ2v) is 13.3. The number of hydrogen-bond acceptors (Lipinski definition) is 5. The molecule has 0 fully saturated rings. The summed E-state index contributed by atoms with van der Waals surface area (Å²) in [6.07, 6.45) is 1.80. The zero-order valence-electron chi connectivity index (χ0n) is 23.2. The van der Waals surface area contributed by atoms with Crippen LogP contribution in [0.3, 0.4) is 0 Å². The van der Waals surface area contributed by atoms with Gasteiger partial charge in [0.1, 0.15) is 5.75 Å². The first-order valence-corrected chi connectivity index (χ1v) is 16.0. The number of aryl methyl sites for hydroxylation is 2. The molecule has 0 aromatic heterocycles. The van der Waals surface area contributed by atoms with E-state index in [2.05, 4.69) is 11.3 Å². The quantitative estimate of drug-likeness (QED) is 0.195. The Bertz CT molecular complexity index is 1740. The number of ether oxygens (including phenoxy) is 1. The van der Waals surface area contributed by atoms with Gasteiger partial charge in [-0.1, -0.05) is 83.9 Å². The lowest BCUT2D eigenvalue weighted by Crippen LogP contribution is -2.33. The molecule has 0 saturated heterocycles. The predicted octanol–water partition coefficient (Wildman–Crippen LogP) is 6.79. The first kappa shape index (κ1) is 30.0. The van der Waals surface area contributed by atoms with Gasteiger partial charge < -0.3 is 4.74 Å². The highest BCUT2D eigenvalue weighted by atomic mass is 32.2. The summed E-state index contributed by atoms with van der Waals surface area (Å²) in [7, 11) is -6.88. The summed E-state index contributed by atoms with van der Waals surface area (Å²) in [4.78, 5) is 0.00984. The molecule has 0 bridgehead atoms. The Labute approximate surface area is 243 Å². The topological polar surface area (TPSA) is 89.5 Å². The molecule has 0 saturated carbocycles. The molecule has 0 radical (unpaired) electrons. The summed E-state index contributed by atoms with van der Waals surface area (Å²) in [6.45, 7) is 7.61.